The van der Waals surface area contributed by atoms with E-state index in [0.717, 1.165) is 27.4 Å². The summed E-state index contributed by atoms with van der Waals surface area (Å²) in [5.41, 5.74) is 3.08. The monoisotopic (exact) mass is 461 g/mol. The molecule has 166 valence electrons. The molecule has 2 aromatic heterocycles. The maximum absolute atomic E-state index is 13.5. The van der Waals surface area contributed by atoms with Crippen LogP contribution in [0.4, 0.5) is 13.2 Å². The van der Waals surface area contributed by atoms with Crippen molar-refractivity contribution < 1.29 is 21.6 Å². The predicted molar refractivity (Wildman–Crippen MR) is 112 cm³/mol. The van der Waals surface area contributed by atoms with Crippen LogP contribution in [0, 0.1) is 13.8 Å². The maximum Gasteiger partial charge on any atom is 0.435 e. The fourth-order valence-electron chi connectivity index (χ4n) is 3.38. The summed E-state index contributed by atoms with van der Waals surface area (Å²) in [5, 5.41) is 15.7. The number of aromatic nitrogens is 4. The third kappa shape index (κ3) is 4.04. The molecule has 0 saturated heterocycles. The van der Waals surface area contributed by atoms with E-state index < -0.39 is 21.9 Å². The van der Waals surface area contributed by atoms with Crippen LogP contribution in [0.2, 0.25) is 0 Å². The maximum atomic E-state index is 13.5. The van der Waals surface area contributed by atoms with Gasteiger partial charge in [-0.3, -0.25) is 5.10 Å². The zero-order valence-corrected chi connectivity index (χ0v) is 17.8. The number of nitrogens with zero attached hydrogens (tertiary/aromatic N) is 3. The highest BCUT2D eigenvalue weighted by Gasteiger charge is 2.35. The molecule has 4 rings (SSSR count). The first-order valence-corrected chi connectivity index (χ1v) is 10.9. The molecule has 3 N–H and O–H groups in total. The molecule has 0 aliphatic carbocycles. The number of hydrogen-bond donors (Lipinski definition) is 2. The van der Waals surface area contributed by atoms with Crippen LogP contribution in [0.5, 0.6) is 0 Å². The summed E-state index contributed by atoms with van der Waals surface area (Å²) < 4.78 is 64.8. The number of nitrogens with two attached hydrogens (primary N) is 1. The van der Waals surface area contributed by atoms with Gasteiger partial charge in [-0.25, -0.2) is 18.2 Å². The van der Waals surface area contributed by atoms with Gasteiger partial charge in [-0.05, 0) is 73.5 Å². The van der Waals surface area contributed by atoms with Crippen LogP contribution in [-0.2, 0) is 16.2 Å². The van der Waals surface area contributed by atoms with Gasteiger partial charge < -0.3 is 0 Å². The highest BCUT2D eigenvalue weighted by molar-refractivity contribution is 7.89. The first-order chi connectivity index (χ1) is 14.9. The lowest BCUT2D eigenvalue weighted by molar-refractivity contribution is -0.141. The van der Waals surface area contributed by atoms with Crippen LogP contribution in [0.3, 0.4) is 0 Å². The van der Waals surface area contributed by atoms with Crippen molar-refractivity contribution in [2.75, 3.05) is 0 Å². The van der Waals surface area contributed by atoms with Gasteiger partial charge in [-0.1, -0.05) is 0 Å². The lowest BCUT2D eigenvalue weighted by atomic mass is 9.96. The molecule has 2 aromatic carbocycles. The Labute approximate surface area is 181 Å². The zero-order valence-electron chi connectivity index (χ0n) is 17.0. The van der Waals surface area contributed by atoms with E-state index in [0.29, 0.717) is 11.3 Å². The largest absolute Gasteiger partial charge is 0.435 e. The lowest BCUT2D eigenvalue weighted by Crippen LogP contribution is -2.12. The van der Waals surface area contributed by atoms with Crippen molar-refractivity contribution >= 4 is 10.0 Å². The number of rotatable bonds is 4. The van der Waals surface area contributed by atoms with E-state index in [-0.39, 0.29) is 16.3 Å². The highest BCUT2D eigenvalue weighted by atomic mass is 32.2. The Hall–Kier alpha value is -3.44. The molecule has 0 unspecified atom stereocenters. The molecule has 0 amide bonds. The average molecular weight is 461 g/mol. The molecule has 0 aliphatic rings. The van der Waals surface area contributed by atoms with Crippen molar-refractivity contribution in [3.05, 3.63) is 71.5 Å². The minimum atomic E-state index is -4.66. The number of aryl methyl sites for hydroxylation is 1. The molecular weight excluding hydrogens is 443 g/mol. The van der Waals surface area contributed by atoms with Gasteiger partial charge in [0.05, 0.1) is 22.0 Å². The molecule has 0 aliphatic heterocycles. The molecule has 32 heavy (non-hydrogen) atoms. The van der Waals surface area contributed by atoms with Crippen LogP contribution in [0.25, 0.3) is 28.2 Å². The molecule has 0 radical (unpaired) electrons. The molecule has 0 bridgehead atoms. The van der Waals surface area contributed by atoms with Gasteiger partial charge in [0.15, 0.2) is 5.69 Å². The number of halogens is 3. The van der Waals surface area contributed by atoms with Crippen molar-refractivity contribution in [2.24, 2.45) is 5.14 Å². The Kier molecular flexibility index (Phi) is 5.18. The van der Waals surface area contributed by atoms with Gasteiger partial charge >= 0.3 is 6.18 Å². The fourth-order valence-corrected chi connectivity index (χ4v) is 3.90. The minimum Gasteiger partial charge on any atom is -0.278 e. The van der Waals surface area contributed by atoms with Crippen molar-refractivity contribution in [1.29, 1.82) is 0 Å². The van der Waals surface area contributed by atoms with Crippen molar-refractivity contribution in [1.82, 2.24) is 20.0 Å². The molecule has 0 fully saturated rings. The van der Waals surface area contributed by atoms with Crippen molar-refractivity contribution in [3.8, 4) is 28.2 Å². The number of nitrogens with one attached hydrogen (secondary N) is 1. The van der Waals surface area contributed by atoms with Gasteiger partial charge in [0.25, 0.3) is 0 Å². The summed E-state index contributed by atoms with van der Waals surface area (Å²) in [7, 11) is -3.94. The topological polar surface area (TPSA) is 107 Å². The van der Waals surface area contributed by atoms with Gasteiger partial charge in [-0.2, -0.15) is 23.4 Å². The Morgan fingerprint density at radius 3 is 2.28 bits per heavy atom. The van der Waals surface area contributed by atoms with Crippen LogP contribution in [-0.4, -0.2) is 28.4 Å². The third-order valence-corrected chi connectivity index (χ3v) is 6.09. The van der Waals surface area contributed by atoms with Crippen LogP contribution < -0.4 is 5.14 Å². The number of primary sulfonamides is 1. The Bertz CT molecular complexity index is 1390. The number of H-pyrrole nitrogens is 1. The van der Waals surface area contributed by atoms with Gasteiger partial charge in [0.2, 0.25) is 10.0 Å². The summed E-state index contributed by atoms with van der Waals surface area (Å²) in [5.74, 6) is 0. The lowest BCUT2D eigenvalue weighted by Gasteiger charge is -2.14. The molecule has 2 heterocycles. The van der Waals surface area contributed by atoms with Gasteiger partial charge in [0.1, 0.15) is 0 Å². The summed E-state index contributed by atoms with van der Waals surface area (Å²) in [6.45, 7) is 3.68. The second kappa shape index (κ2) is 7.61. The first-order valence-electron chi connectivity index (χ1n) is 9.37. The number of hydrogen-bond acceptors (Lipinski definition) is 4. The number of alkyl halides is 3. The second-order valence-corrected chi connectivity index (χ2v) is 8.86. The van der Waals surface area contributed by atoms with Crippen LogP contribution in [0.1, 0.15) is 16.8 Å². The van der Waals surface area contributed by atoms with E-state index in [1.807, 2.05) is 19.9 Å². The average Bonchev–Trinajstić information content (AvgIpc) is 3.39. The number of sulfonamides is 1. The molecule has 0 saturated carbocycles. The fraction of sp³-hybridized carbons (Fsp3) is 0.143. The number of benzene rings is 2. The summed E-state index contributed by atoms with van der Waals surface area (Å²) >= 11 is 0. The molecule has 0 spiro atoms. The van der Waals surface area contributed by atoms with Crippen molar-refractivity contribution in [3.63, 3.8) is 0 Å². The van der Waals surface area contributed by atoms with Crippen molar-refractivity contribution in [2.45, 2.75) is 24.9 Å². The molecule has 0 atom stereocenters. The van der Waals surface area contributed by atoms with E-state index in [2.05, 4.69) is 15.3 Å². The minimum absolute atomic E-state index is 0.153. The summed E-state index contributed by atoms with van der Waals surface area (Å²) in [6, 6.07) is 11.6. The smallest absolute Gasteiger partial charge is 0.278 e. The van der Waals surface area contributed by atoms with E-state index in [1.54, 1.807) is 18.3 Å². The van der Waals surface area contributed by atoms with Crippen LogP contribution >= 0.6 is 0 Å². The van der Waals surface area contributed by atoms with E-state index in [1.165, 1.54) is 24.3 Å². The molecule has 4 aromatic rings. The van der Waals surface area contributed by atoms with E-state index >= 15 is 0 Å². The Morgan fingerprint density at radius 1 is 1.03 bits per heavy atom. The predicted octanol–water partition coefficient (Wildman–Crippen LogP) is 4.21. The van der Waals surface area contributed by atoms with Gasteiger partial charge in [-0.15, -0.1) is 0 Å². The zero-order chi connectivity index (χ0) is 23.3. The number of aromatic amines is 1. The van der Waals surface area contributed by atoms with Crippen LogP contribution in [0.15, 0.2) is 59.6 Å². The summed E-state index contributed by atoms with van der Waals surface area (Å²) in [4.78, 5) is -0.153. The Balaban J connectivity index is 1.95. The third-order valence-electron chi connectivity index (χ3n) is 5.16. The standard InChI is InChI=1S/C21H18F3N5O2S/c1-12-9-14(18-7-8-26-27-18)10-17(13(12)2)19-11-20(21(22,23)24)28-29(19)15-3-5-16(6-4-15)32(25,30)31/h3-11H,1-2H3,(H,26,27)(H2,25,30,31). The second-order valence-electron chi connectivity index (χ2n) is 7.30. The highest BCUT2D eigenvalue weighted by Crippen LogP contribution is 2.36. The molecular formula is C21H18F3N5O2S. The molecule has 7 nitrogen and oxygen atoms in total. The quantitative estimate of drug-likeness (QED) is 0.475. The molecule has 11 heteroatoms. The summed E-state index contributed by atoms with van der Waals surface area (Å²) in [6.07, 6.45) is -3.08. The SMILES string of the molecule is Cc1cc(-c2ccn[nH]2)cc(-c2cc(C(F)(F)F)nn2-c2ccc(S(N)(=O)=O)cc2)c1C. The van der Waals surface area contributed by atoms with E-state index in [4.69, 9.17) is 5.14 Å². The van der Waals surface area contributed by atoms with Gasteiger partial charge in [0, 0.05) is 17.3 Å². The van der Waals surface area contributed by atoms with E-state index in [9.17, 15) is 21.6 Å². The Morgan fingerprint density at radius 2 is 1.72 bits per heavy atom. The normalized spacial score (nSPS) is 12.3. The first kappa shape index (κ1) is 21.8.